The highest BCUT2D eigenvalue weighted by Gasteiger charge is 2.32. The lowest BCUT2D eigenvalue weighted by atomic mass is 10.1. The fraction of sp³-hybridized carbons (Fsp3) is 0.364. The molecule has 2 aromatic rings. The first-order valence-corrected chi connectivity index (χ1v) is 10.3. The molecule has 1 fully saturated rings. The number of aliphatic carboxylic acids is 1. The van der Waals surface area contributed by atoms with Crippen LogP contribution in [0.25, 0.3) is 6.08 Å². The molecule has 172 valence electrons. The molecule has 0 bridgehead atoms. The number of carboxylic acid groups (broad SMARTS) is 1. The Morgan fingerprint density at radius 1 is 1.25 bits per heavy atom. The summed E-state index contributed by atoms with van der Waals surface area (Å²) in [7, 11) is 0. The number of hydrogen-bond acceptors (Lipinski definition) is 5. The van der Waals surface area contributed by atoms with E-state index >= 15 is 0 Å². The van der Waals surface area contributed by atoms with Crippen LogP contribution in [0.4, 0.5) is 13.2 Å². The smallest absolute Gasteiger partial charge is 0.417 e. The first-order chi connectivity index (χ1) is 15.2. The molecule has 0 saturated heterocycles. The van der Waals surface area contributed by atoms with E-state index in [2.05, 4.69) is 4.98 Å². The lowest BCUT2D eigenvalue weighted by molar-refractivity contribution is -0.138. The van der Waals surface area contributed by atoms with Crippen LogP contribution in [0.15, 0.2) is 36.5 Å². The predicted octanol–water partition coefficient (Wildman–Crippen LogP) is 5.84. The van der Waals surface area contributed by atoms with E-state index in [-0.39, 0.29) is 16.7 Å². The molecule has 0 radical (unpaired) electrons. The monoisotopic (exact) mass is 471 g/mol. The number of pyridine rings is 1. The Bertz CT molecular complexity index is 977. The maximum atomic E-state index is 12.8. The molecule has 10 heteroatoms. The minimum absolute atomic E-state index is 0.124. The van der Waals surface area contributed by atoms with E-state index in [1.54, 1.807) is 12.1 Å². The van der Waals surface area contributed by atoms with Crippen LogP contribution in [0.3, 0.4) is 0 Å². The Labute approximate surface area is 187 Å². The molecule has 0 spiro atoms. The number of carboxylic acids is 1. The highest BCUT2D eigenvalue weighted by Crippen LogP contribution is 2.36. The first-order valence-electron chi connectivity index (χ1n) is 9.88. The van der Waals surface area contributed by atoms with Crippen LogP contribution < -0.4 is 9.47 Å². The summed E-state index contributed by atoms with van der Waals surface area (Å²) in [4.78, 5) is 14.5. The maximum Gasteiger partial charge on any atom is 0.417 e. The van der Waals surface area contributed by atoms with Crippen LogP contribution in [-0.2, 0) is 15.7 Å². The molecule has 1 saturated carbocycles. The SMILES string of the molecule is O=C(O)C=Cc1ccc(OCCCOCC2CC2)cc1Oc1ncc(C(F)(F)F)cc1Cl. The normalized spacial score (nSPS) is 14.0. The number of benzene rings is 1. The zero-order valence-electron chi connectivity index (χ0n) is 16.9. The van der Waals surface area contributed by atoms with E-state index in [1.165, 1.54) is 25.0 Å². The quantitative estimate of drug-likeness (QED) is 0.328. The van der Waals surface area contributed by atoms with Crippen LogP contribution in [-0.4, -0.2) is 35.9 Å². The van der Waals surface area contributed by atoms with Gasteiger partial charge in [0.2, 0.25) is 5.88 Å². The number of halogens is 4. The van der Waals surface area contributed by atoms with Crippen LogP contribution in [0.2, 0.25) is 5.02 Å². The molecule has 0 atom stereocenters. The predicted molar refractivity (Wildman–Crippen MR) is 111 cm³/mol. The molecule has 0 amide bonds. The molecule has 1 N–H and O–H groups in total. The molecular weight excluding hydrogens is 451 g/mol. The van der Waals surface area contributed by atoms with Gasteiger partial charge in [-0.25, -0.2) is 9.78 Å². The summed E-state index contributed by atoms with van der Waals surface area (Å²) in [5.41, 5.74) is -0.660. The molecule has 1 aromatic heterocycles. The standard InChI is InChI=1S/C22H21ClF3NO5/c23-18-10-16(22(24,25)26)12-27-21(18)32-19-11-17(6-4-15(19)5-7-20(28)29)31-9-1-8-30-13-14-2-3-14/h4-7,10-12,14H,1-3,8-9,13H2,(H,28,29). The van der Waals surface area contributed by atoms with Gasteiger partial charge in [-0.2, -0.15) is 13.2 Å². The topological polar surface area (TPSA) is 77.9 Å². The number of aromatic nitrogens is 1. The molecule has 32 heavy (non-hydrogen) atoms. The Hall–Kier alpha value is -2.78. The first kappa shape index (κ1) is 23.9. The summed E-state index contributed by atoms with van der Waals surface area (Å²) in [5, 5.41) is 8.54. The molecule has 0 unspecified atom stereocenters. The van der Waals surface area contributed by atoms with Crippen molar-refractivity contribution < 1.29 is 37.3 Å². The second-order valence-electron chi connectivity index (χ2n) is 7.20. The van der Waals surface area contributed by atoms with Gasteiger partial charge in [0, 0.05) is 43.5 Å². The molecule has 1 aliphatic carbocycles. The third-order valence-corrected chi connectivity index (χ3v) is 4.75. The largest absolute Gasteiger partial charge is 0.493 e. The lowest BCUT2D eigenvalue weighted by Gasteiger charge is -2.13. The van der Waals surface area contributed by atoms with E-state index in [9.17, 15) is 18.0 Å². The zero-order chi connectivity index (χ0) is 23.1. The molecule has 3 rings (SSSR count). The number of rotatable bonds is 11. The third-order valence-electron chi connectivity index (χ3n) is 4.48. The fourth-order valence-corrected chi connectivity index (χ4v) is 2.84. The van der Waals surface area contributed by atoms with Crippen molar-refractivity contribution in [3.63, 3.8) is 0 Å². The van der Waals surface area contributed by atoms with E-state index in [0.717, 1.165) is 12.7 Å². The summed E-state index contributed by atoms with van der Waals surface area (Å²) >= 11 is 5.92. The van der Waals surface area contributed by atoms with Crippen LogP contribution in [0.1, 0.15) is 30.4 Å². The third kappa shape index (κ3) is 7.42. The van der Waals surface area contributed by atoms with Gasteiger partial charge in [0.15, 0.2) is 0 Å². The average Bonchev–Trinajstić information content (AvgIpc) is 3.55. The summed E-state index contributed by atoms with van der Waals surface area (Å²) in [6, 6.07) is 5.38. The highest BCUT2D eigenvalue weighted by molar-refractivity contribution is 6.31. The highest BCUT2D eigenvalue weighted by atomic mass is 35.5. The van der Waals surface area contributed by atoms with Crippen molar-refractivity contribution >= 4 is 23.6 Å². The minimum Gasteiger partial charge on any atom is -0.493 e. The van der Waals surface area contributed by atoms with Gasteiger partial charge in [0.05, 0.1) is 12.2 Å². The Kier molecular flexibility index (Phi) is 7.98. The van der Waals surface area contributed by atoms with Crippen molar-refractivity contribution in [2.75, 3.05) is 19.8 Å². The number of nitrogens with zero attached hydrogens (tertiary/aromatic N) is 1. The lowest BCUT2D eigenvalue weighted by Crippen LogP contribution is -2.06. The van der Waals surface area contributed by atoms with Gasteiger partial charge >= 0.3 is 12.1 Å². The molecule has 1 aliphatic rings. The molecule has 6 nitrogen and oxygen atoms in total. The number of carbonyl (C=O) groups is 1. The molecular formula is C22H21ClF3NO5. The van der Waals surface area contributed by atoms with E-state index in [4.69, 9.17) is 30.9 Å². The zero-order valence-corrected chi connectivity index (χ0v) is 17.7. The van der Waals surface area contributed by atoms with E-state index < -0.39 is 17.7 Å². The Morgan fingerprint density at radius 2 is 2.03 bits per heavy atom. The second-order valence-corrected chi connectivity index (χ2v) is 7.61. The van der Waals surface area contributed by atoms with Gasteiger partial charge < -0.3 is 19.3 Å². The van der Waals surface area contributed by atoms with Crippen molar-refractivity contribution in [2.24, 2.45) is 5.92 Å². The summed E-state index contributed by atoms with van der Waals surface area (Å²) in [6.07, 6.45) is 1.32. The van der Waals surface area contributed by atoms with Gasteiger partial charge in [-0.3, -0.25) is 0 Å². The van der Waals surface area contributed by atoms with Gasteiger partial charge in [0.25, 0.3) is 0 Å². The van der Waals surface area contributed by atoms with Crippen molar-refractivity contribution in [2.45, 2.75) is 25.4 Å². The summed E-state index contributed by atoms with van der Waals surface area (Å²) < 4.78 is 55.3. The van der Waals surface area contributed by atoms with Gasteiger partial charge in [0.1, 0.15) is 16.5 Å². The van der Waals surface area contributed by atoms with E-state index in [0.29, 0.717) is 49.1 Å². The Morgan fingerprint density at radius 3 is 2.69 bits per heavy atom. The van der Waals surface area contributed by atoms with Crippen LogP contribution in [0.5, 0.6) is 17.4 Å². The van der Waals surface area contributed by atoms with Gasteiger partial charge in [-0.05, 0) is 43.0 Å². The van der Waals surface area contributed by atoms with Crippen molar-refractivity contribution in [1.29, 1.82) is 0 Å². The molecule has 1 aromatic carbocycles. The molecule has 0 aliphatic heterocycles. The number of ether oxygens (including phenoxy) is 3. The number of alkyl halides is 3. The molecule has 1 heterocycles. The van der Waals surface area contributed by atoms with Crippen LogP contribution >= 0.6 is 11.6 Å². The Balaban J connectivity index is 1.70. The van der Waals surface area contributed by atoms with Crippen LogP contribution in [0, 0.1) is 5.92 Å². The number of hydrogen-bond donors (Lipinski definition) is 1. The van der Waals surface area contributed by atoms with Crippen molar-refractivity contribution in [3.8, 4) is 17.4 Å². The maximum absolute atomic E-state index is 12.8. The van der Waals surface area contributed by atoms with E-state index in [1.807, 2.05) is 0 Å². The average molecular weight is 472 g/mol. The van der Waals surface area contributed by atoms with Crippen molar-refractivity contribution in [1.82, 2.24) is 4.98 Å². The van der Waals surface area contributed by atoms with Gasteiger partial charge in [-0.15, -0.1) is 0 Å². The summed E-state index contributed by atoms with van der Waals surface area (Å²) in [6.45, 7) is 1.72. The summed E-state index contributed by atoms with van der Waals surface area (Å²) in [5.74, 6) is -0.187. The van der Waals surface area contributed by atoms with Gasteiger partial charge in [-0.1, -0.05) is 11.6 Å². The second kappa shape index (κ2) is 10.7. The minimum atomic E-state index is -4.60. The fourth-order valence-electron chi connectivity index (χ4n) is 2.64. The van der Waals surface area contributed by atoms with Crippen molar-refractivity contribution in [3.05, 3.63) is 52.7 Å².